The number of carboxylic acid groups (broad SMARTS) is 1. The molecule has 1 saturated carbocycles. The Kier molecular flexibility index (Phi) is 8.52. The third-order valence-corrected chi connectivity index (χ3v) is 8.29. The second kappa shape index (κ2) is 12.0. The minimum absolute atomic E-state index is 0.0865. The summed E-state index contributed by atoms with van der Waals surface area (Å²) in [6, 6.07) is 9.24. The maximum atomic E-state index is 14.4. The van der Waals surface area contributed by atoms with Crippen molar-refractivity contribution in [3.63, 3.8) is 0 Å². The van der Waals surface area contributed by atoms with Crippen molar-refractivity contribution in [1.82, 2.24) is 0 Å². The first kappa shape index (κ1) is 31.2. The zero-order chi connectivity index (χ0) is 31.8. The van der Waals surface area contributed by atoms with Crippen molar-refractivity contribution in [2.75, 3.05) is 23.1 Å². The first-order chi connectivity index (χ1) is 20.8. The van der Waals surface area contributed by atoms with E-state index in [2.05, 4.69) is 16.0 Å². The topological polar surface area (TPSA) is 99.7 Å². The molecule has 1 aliphatic carbocycles. The number of hydrogen-bond acceptors (Lipinski definition) is 5. The Morgan fingerprint density at radius 1 is 0.932 bits per heavy atom. The Hall–Kier alpha value is -4.26. The van der Waals surface area contributed by atoms with E-state index in [1.165, 1.54) is 31.4 Å². The maximum Gasteiger partial charge on any atom is 0.418 e. The van der Waals surface area contributed by atoms with E-state index in [0.717, 1.165) is 43.5 Å². The van der Waals surface area contributed by atoms with Crippen molar-refractivity contribution in [2.45, 2.75) is 50.0 Å². The van der Waals surface area contributed by atoms with Crippen LogP contribution >= 0.6 is 0 Å². The molecule has 5 rings (SSSR count). The van der Waals surface area contributed by atoms with Gasteiger partial charge in [0.05, 0.1) is 34.1 Å². The van der Waals surface area contributed by atoms with Crippen molar-refractivity contribution in [3.8, 4) is 0 Å². The average molecular weight is 622 g/mol. The summed E-state index contributed by atoms with van der Waals surface area (Å²) < 4.78 is 90.8. The number of carboxylic acids is 1. The third-order valence-electron chi connectivity index (χ3n) is 8.29. The molecule has 3 aromatic carbocycles. The number of fused-ring (bicyclic) bond motifs is 1. The minimum atomic E-state index is -5.01. The fraction of sp³-hybridized carbons (Fsp3) is 0.355. The quantitative estimate of drug-likeness (QED) is 0.194. The van der Waals surface area contributed by atoms with Crippen molar-refractivity contribution >= 4 is 28.9 Å². The summed E-state index contributed by atoms with van der Waals surface area (Å²) in [5.41, 5.74) is -3.81. The van der Waals surface area contributed by atoms with E-state index in [4.69, 9.17) is 4.74 Å². The highest BCUT2D eigenvalue weighted by Gasteiger charge is 2.56. The molecule has 0 saturated heterocycles. The predicted molar refractivity (Wildman–Crippen MR) is 150 cm³/mol. The summed E-state index contributed by atoms with van der Waals surface area (Å²) in [7, 11) is 1.32. The smallest absolute Gasteiger partial charge is 0.418 e. The van der Waals surface area contributed by atoms with Gasteiger partial charge in [-0.3, -0.25) is 4.79 Å². The van der Waals surface area contributed by atoms with E-state index in [9.17, 15) is 41.0 Å². The van der Waals surface area contributed by atoms with Crippen LogP contribution in [0.5, 0.6) is 0 Å². The highest BCUT2D eigenvalue weighted by Crippen LogP contribution is 2.51. The van der Waals surface area contributed by atoms with E-state index in [-0.39, 0.29) is 11.4 Å². The SMILES string of the molecule is COC(c1ccc(F)cc1)C1(C(C(=O)Nc2ccc(C(=O)O)cc2C(F)(F)F)C2CCCCC2)Nc2cc(F)c(F)cc2N1. The highest BCUT2D eigenvalue weighted by atomic mass is 19.4. The summed E-state index contributed by atoms with van der Waals surface area (Å²) in [6.07, 6.45) is -2.82. The van der Waals surface area contributed by atoms with Gasteiger partial charge in [0.1, 0.15) is 11.9 Å². The number of rotatable bonds is 8. The predicted octanol–water partition coefficient (Wildman–Crippen LogP) is 7.58. The van der Waals surface area contributed by atoms with Crippen LogP contribution in [0.1, 0.15) is 59.7 Å². The average Bonchev–Trinajstić information content (AvgIpc) is 3.32. The summed E-state index contributed by atoms with van der Waals surface area (Å²) >= 11 is 0. The van der Waals surface area contributed by atoms with Crippen LogP contribution < -0.4 is 16.0 Å². The molecule has 0 radical (unpaired) electrons. The first-order valence-corrected chi connectivity index (χ1v) is 13.9. The number of ether oxygens (including phenoxy) is 1. The number of halogens is 6. The Labute approximate surface area is 248 Å². The highest BCUT2D eigenvalue weighted by molar-refractivity contribution is 5.97. The van der Waals surface area contributed by atoms with Crippen LogP contribution in [0.3, 0.4) is 0 Å². The molecule has 1 aliphatic heterocycles. The molecule has 0 spiro atoms. The third kappa shape index (κ3) is 5.92. The molecule has 2 atom stereocenters. The number of methoxy groups -OCH3 is 1. The van der Waals surface area contributed by atoms with Crippen LogP contribution in [0, 0.1) is 29.3 Å². The molecular formula is C31H29F6N3O4. The lowest BCUT2D eigenvalue weighted by Crippen LogP contribution is -2.60. The van der Waals surface area contributed by atoms with Gasteiger partial charge in [0.2, 0.25) is 5.91 Å². The second-order valence-corrected chi connectivity index (χ2v) is 11.0. The number of nitrogens with one attached hydrogen (secondary N) is 3. The number of carbonyl (C=O) groups excluding carboxylic acids is 1. The van der Waals surface area contributed by atoms with Gasteiger partial charge in [-0.2, -0.15) is 13.2 Å². The zero-order valence-electron chi connectivity index (χ0n) is 23.4. The first-order valence-electron chi connectivity index (χ1n) is 13.9. The Morgan fingerprint density at radius 3 is 2.05 bits per heavy atom. The molecular weight excluding hydrogens is 592 g/mol. The maximum absolute atomic E-state index is 14.4. The monoisotopic (exact) mass is 621 g/mol. The molecule has 44 heavy (non-hydrogen) atoms. The summed E-state index contributed by atoms with van der Waals surface area (Å²) in [6.45, 7) is 0. The van der Waals surface area contributed by atoms with Gasteiger partial charge in [-0.05, 0) is 54.7 Å². The second-order valence-electron chi connectivity index (χ2n) is 11.0. The molecule has 0 aromatic heterocycles. The molecule has 1 heterocycles. The van der Waals surface area contributed by atoms with Gasteiger partial charge in [0, 0.05) is 19.2 Å². The van der Waals surface area contributed by atoms with Crippen LogP contribution in [0.4, 0.5) is 43.4 Å². The molecule has 1 amide bonds. The van der Waals surface area contributed by atoms with Crippen LogP contribution in [-0.4, -0.2) is 29.8 Å². The van der Waals surface area contributed by atoms with Crippen molar-refractivity contribution in [2.24, 2.45) is 11.8 Å². The summed E-state index contributed by atoms with van der Waals surface area (Å²) in [5, 5.41) is 17.9. The number of amides is 1. The number of hydrogen-bond donors (Lipinski definition) is 4. The molecule has 7 nitrogen and oxygen atoms in total. The molecule has 4 N–H and O–H groups in total. The lowest BCUT2D eigenvalue weighted by atomic mass is 9.70. The minimum Gasteiger partial charge on any atom is -0.478 e. The molecule has 1 fully saturated rings. The van der Waals surface area contributed by atoms with Gasteiger partial charge < -0.3 is 25.8 Å². The lowest BCUT2D eigenvalue weighted by molar-refractivity contribution is -0.137. The van der Waals surface area contributed by atoms with Crippen LogP contribution in [0.15, 0.2) is 54.6 Å². The van der Waals surface area contributed by atoms with E-state index in [1.54, 1.807) is 0 Å². The van der Waals surface area contributed by atoms with Gasteiger partial charge in [0.25, 0.3) is 0 Å². The summed E-state index contributed by atoms with van der Waals surface area (Å²) in [4.78, 5) is 25.8. The van der Waals surface area contributed by atoms with Gasteiger partial charge >= 0.3 is 12.1 Å². The van der Waals surface area contributed by atoms with Crippen molar-refractivity contribution < 1.29 is 45.8 Å². The van der Waals surface area contributed by atoms with Crippen LogP contribution in [-0.2, 0) is 15.7 Å². The Bertz CT molecular complexity index is 1530. The molecule has 2 aliphatic rings. The van der Waals surface area contributed by atoms with Crippen LogP contribution in [0.2, 0.25) is 0 Å². The van der Waals surface area contributed by atoms with E-state index < -0.39 is 75.9 Å². The number of aromatic carboxylic acids is 1. The fourth-order valence-electron chi connectivity index (χ4n) is 6.39. The normalized spacial score (nSPS) is 17.6. The fourth-order valence-corrected chi connectivity index (χ4v) is 6.39. The largest absolute Gasteiger partial charge is 0.478 e. The van der Waals surface area contributed by atoms with Gasteiger partial charge in [-0.25, -0.2) is 18.0 Å². The molecule has 234 valence electrons. The standard InChI is InChI=1S/C31H29F6N3O4/c1-44-27(17-7-10-19(32)11-8-17)30(39-24-14-21(33)22(34)15-25(24)40-30)26(16-5-3-2-4-6-16)28(41)38-23-12-9-18(29(42)43)13-20(23)31(35,36)37/h7-16,26-27,39-40H,2-6H2,1H3,(H,38,41)(H,42,43). The number of benzene rings is 3. The molecule has 13 heteroatoms. The van der Waals surface area contributed by atoms with E-state index in [0.29, 0.717) is 24.5 Å². The van der Waals surface area contributed by atoms with E-state index in [1.807, 2.05) is 0 Å². The number of carbonyl (C=O) groups is 2. The molecule has 2 unspecified atom stereocenters. The van der Waals surface area contributed by atoms with Crippen molar-refractivity contribution in [3.05, 3.63) is 88.7 Å². The molecule has 0 bridgehead atoms. The zero-order valence-corrected chi connectivity index (χ0v) is 23.4. The molecule has 3 aromatic rings. The van der Waals surface area contributed by atoms with Gasteiger partial charge in [-0.15, -0.1) is 0 Å². The van der Waals surface area contributed by atoms with Gasteiger partial charge in [0.15, 0.2) is 17.3 Å². The van der Waals surface area contributed by atoms with Crippen molar-refractivity contribution in [1.29, 1.82) is 0 Å². The summed E-state index contributed by atoms with van der Waals surface area (Å²) in [5.74, 6) is -7.01. The Morgan fingerprint density at radius 2 is 1.52 bits per heavy atom. The van der Waals surface area contributed by atoms with E-state index >= 15 is 0 Å². The number of anilines is 3. The number of alkyl halides is 3. The lowest BCUT2D eigenvalue weighted by Gasteiger charge is -2.46. The van der Waals surface area contributed by atoms with Crippen LogP contribution in [0.25, 0.3) is 0 Å². The Balaban J connectivity index is 1.67. The van der Waals surface area contributed by atoms with Gasteiger partial charge in [-0.1, -0.05) is 31.4 Å².